The Morgan fingerprint density at radius 1 is 1.00 bits per heavy atom. The number of fused-ring (bicyclic) bond motifs is 1. The molecule has 146 valence electrons. The van der Waals surface area contributed by atoms with Gasteiger partial charge in [-0.3, -0.25) is 0 Å². The number of rotatable bonds is 6. The van der Waals surface area contributed by atoms with Crippen molar-refractivity contribution < 1.29 is 18.6 Å². The molecule has 4 rings (SSSR count). The van der Waals surface area contributed by atoms with Gasteiger partial charge in [0.15, 0.2) is 11.5 Å². The maximum absolute atomic E-state index is 5.80. The van der Waals surface area contributed by atoms with E-state index in [4.69, 9.17) is 18.6 Å². The Morgan fingerprint density at radius 3 is 2.57 bits per heavy atom. The number of aromatic nitrogens is 2. The highest BCUT2D eigenvalue weighted by Gasteiger charge is 2.17. The van der Waals surface area contributed by atoms with Crippen molar-refractivity contribution in [1.82, 2.24) is 10.2 Å². The lowest BCUT2D eigenvalue weighted by Crippen LogP contribution is -2.10. The molecule has 0 atom stereocenters. The van der Waals surface area contributed by atoms with E-state index in [9.17, 15) is 0 Å². The Hall–Kier alpha value is -2.67. The van der Waals surface area contributed by atoms with E-state index in [1.54, 1.807) is 0 Å². The van der Waals surface area contributed by atoms with Gasteiger partial charge < -0.3 is 18.6 Å². The van der Waals surface area contributed by atoms with Crippen LogP contribution in [0.4, 0.5) is 0 Å². The van der Waals surface area contributed by atoms with Crippen molar-refractivity contribution in [2.75, 3.05) is 19.2 Å². The maximum atomic E-state index is 5.80. The average Bonchev–Trinajstić information content (AvgIpc) is 3.33. The largest absolute Gasteiger partial charge is 0.493 e. The van der Waals surface area contributed by atoms with Crippen molar-refractivity contribution in [3.8, 4) is 28.7 Å². The van der Waals surface area contributed by atoms with Gasteiger partial charge in [0, 0.05) is 11.3 Å². The van der Waals surface area contributed by atoms with Crippen molar-refractivity contribution >= 4 is 11.8 Å². The fraction of sp³-hybridized carbons (Fsp3) is 0.333. The third-order valence-electron chi connectivity index (χ3n) is 4.32. The molecule has 1 aromatic heterocycles. The number of ether oxygens (including phenoxy) is 3. The SMILES string of the molecule is CC(C)(C)c1ccc(OCCSc2nnc(-c3ccc4c(c3)OCO4)o2)cc1. The summed E-state index contributed by atoms with van der Waals surface area (Å²) in [5.41, 5.74) is 2.23. The normalized spacial score (nSPS) is 13.0. The van der Waals surface area contributed by atoms with Gasteiger partial charge in [-0.05, 0) is 41.3 Å². The van der Waals surface area contributed by atoms with Crippen LogP contribution in [0.2, 0.25) is 0 Å². The van der Waals surface area contributed by atoms with Crippen LogP contribution in [0.1, 0.15) is 26.3 Å². The quantitative estimate of drug-likeness (QED) is 0.431. The summed E-state index contributed by atoms with van der Waals surface area (Å²) in [4.78, 5) is 0. The highest BCUT2D eigenvalue weighted by Crippen LogP contribution is 2.36. The second kappa shape index (κ2) is 7.75. The lowest BCUT2D eigenvalue weighted by atomic mass is 9.87. The predicted octanol–water partition coefficient (Wildman–Crippen LogP) is 4.93. The molecule has 3 aromatic rings. The Labute approximate surface area is 168 Å². The predicted molar refractivity (Wildman–Crippen MR) is 107 cm³/mol. The fourth-order valence-corrected chi connectivity index (χ4v) is 3.33. The van der Waals surface area contributed by atoms with E-state index in [1.807, 2.05) is 30.3 Å². The number of hydrogen-bond acceptors (Lipinski definition) is 7. The molecule has 28 heavy (non-hydrogen) atoms. The minimum atomic E-state index is 0.141. The third-order valence-corrected chi connectivity index (χ3v) is 5.11. The number of benzene rings is 2. The lowest BCUT2D eigenvalue weighted by Gasteiger charge is -2.19. The van der Waals surface area contributed by atoms with Crippen LogP contribution >= 0.6 is 11.8 Å². The summed E-state index contributed by atoms with van der Waals surface area (Å²) in [7, 11) is 0. The van der Waals surface area contributed by atoms with Gasteiger partial charge in [-0.15, -0.1) is 10.2 Å². The van der Waals surface area contributed by atoms with Gasteiger partial charge in [0.2, 0.25) is 12.7 Å². The maximum Gasteiger partial charge on any atom is 0.276 e. The van der Waals surface area contributed by atoms with Gasteiger partial charge in [-0.25, -0.2) is 0 Å². The molecule has 0 amide bonds. The first-order valence-electron chi connectivity index (χ1n) is 9.09. The molecule has 0 N–H and O–H groups in total. The zero-order valence-electron chi connectivity index (χ0n) is 16.1. The molecular weight excluding hydrogens is 376 g/mol. The Balaban J connectivity index is 1.28. The Bertz CT molecular complexity index is 948. The van der Waals surface area contributed by atoms with E-state index >= 15 is 0 Å². The zero-order chi connectivity index (χ0) is 19.6. The second-order valence-electron chi connectivity index (χ2n) is 7.41. The molecule has 0 saturated carbocycles. The van der Waals surface area contributed by atoms with Crippen LogP contribution in [0, 0.1) is 0 Å². The highest BCUT2D eigenvalue weighted by molar-refractivity contribution is 7.99. The molecule has 1 aliphatic heterocycles. The van der Waals surface area contributed by atoms with E-state index in [2.05, 4.69) is 43.1 Å². The fourth-order valence-electron chi connectivity index (χ4n) is 2.75. The van der Waals surface area contributed by atoms with Crippen LogP contribution in [0.5, 0.6) is 17.2 Å². The summed E-state index contributed by atoms with van der Waals surface area (Å²) in [6, 6.07) is 13.8. The minimum absolute atomic E-state index is 0.141. The molecule has 7 heteroatoms. The van der Waals surface area contributed by atoms with E-state index in [1.165, 1.54) is 17.3 Å². The molecule has 0 bridgehead atoms. The van der Waals surface area contributed by atoms with Crippen molar-refractivity contribution in [3.63, 3.8) is 0 Å². The van der Waals surface area contributed by atoms with Gasteiger partial charge in [-0.1, -0.05) is 44.7 Å². The molecule has 1 aliphatic rings. The zero-order valence-corrected chi connectivity index (χ0v) is 16.9. The summed E-state index contributed by atoms with van der Waals surface area (Å²) in [5, 5.41) is 8.71. The smallest absolute Gasteiger partial charge is 0.276 e. The molecule has 0 fully saturated rings. The van der Waals surface area contributed by atoms with E-state index in [0.717, 1.165) is 17.1 Å². The summed E-state index contributed by atoms with van der Waals surface area (Å²) < 4.78 is 22.2. The van der Waals surface area contributed by atoms with Crippen molar-refractivity contribution in [2.24, 2.45) is 0 Å². The Morgan fingerprint density at radius 2 is 1.79 bits per heavy atom. The summed E-state index contributed by atoms with van der Waals surface area (Å²) >= 11 is 1.47. The van der Waals surface area contributed by atoms with Gasteiger partial charge >= 0.3 is 0 Å². The van der Waals surface area contributed by atoms with Gasteiger partial charge in [0.1, 0.15) is 5.75 Å². The molecule has 0 spiro atoms. The molecule has 0 radical (unpaired) electrons. The molecule has 2 heterocycles. The second-order valence-corrected chi connectivity index (χ2v) is 8.46. The summed E-state index contributed by atoms with van der Waals surface area (Å²) in [6.07, 6.45) is 0. The first-order valence-corrected chi connectivity index (χ1v) is 10.1. The van der Waals surface area contributed by atoms with Crippen molar-refractivity contribution in [1.29, 1.82) is 0 Å². The number of thioether (sulfide) groups is 1. The number of nitrogens with zero attached hydrogens (tertiary/aromatic N) is 2. The van der Waals surface area contributed by atoms with E-state index in [-0.39, 0.29) is 12.2 Å². The summed E-state index contributed by atoms with van der Waals surface area (Å²) in [6.45, 7) is 7.38. The van der Waals surface area contributed by atoms with Crippen LogP contribution in [-0.4, -0.2) is 29.4 Å². The molecular formula is C21H22N2O4S. The lowest BCUT2D eigenvalue weighted by molar-refractivity contribution is 0.174. The minimum Gasteiger partial charge on any atom is -0.493 e. The van der Waals surface area contributed by atoms with Crippen LogP contribution in [0.3, 0.4) is 0 Å². The summed E-state index contributed by atoms with van der Waals surface area (Å²) in [5.74, 6) is 3.45. The van der Waals surface area contributed by atoms with Gasteiger partial charge in [0.25, 0.3) is 5.22 Å². The Kier molecular flexibility index (Phi) is 5.17. The molecule has 6 nitrogen and oxygen atoms in total. The van der Waals surface area contributed by atoms with Gasteiger partial charge in [0.05, 0.1) is 6.61 Å². The standard InChI is InChI=1S/C21H22N2O4S/c1-21(2,3)15-5-7-16(8-6-15)24-10-11-28-20-23-22-19(27-20)14-4-9-17-18(12-14)26-13-25-17/h4-9,12H,10-11,13H2,1-3H3. The molecule has 0 unspecified atom stereocenters. The molecule has 2 aromatic carbocycles. The molecule has 0 aliphatic carbocycles. The van der Waals surface area contributed by atoms with Crippen LogP contribution < -0.4 is 14.2 Å². The highest BCUT2D eigenvalue weighted by atomic mass is 32.2. The van der Waals surface area contributed by atoms with Gasteiger partial charge in [-0.2, -0.15) is 0 Å². The van der Waals surface area contributed by atoms with Crippen LogP contribution in [-0.2, 0) is 5.41 Å². The number of hydrogen-bond donors (Lipinski definition) is 0. The average molecular weight is 398 g/mol. The van der Waals surface area contributed by atoms with Crippen LogP contribution in [0.15, 0.2) is 52.1 Å². The monoisotopic (exact) mass is 398 g/mol. The van der Waals surface area contributed by atoms with E-state index in [0.29, 0.717) is 29.2 Å². The first kappa shape index (κ1) is 18.7. The van der Waals surface area contributed by atoms with Crippen molar-refractivity contribution in [2.45, 2.75) is 31.4 Å². The van der Waals surface area contributed by atoms with E-state index < -0.39 is 0 Å². The molecule has 0 saturated heterocycles. The third kappa shape index (κ3) is 4.25. The first-order chi connectivity index (χ1) is 13.5. The van der Waals surface area contributed by atoms with Crippen LogP contribution in [0.25, 0.3) is 11.5 Å². The topological polar surface area (TPSA) is 66.6 Å². The van der Waals surface area contributed by atoms with Crippen molar-refractivity contribution in [3.05, 3.63) is 48.0 Å².